The van der Waals surface area contributed by atoms with E-state index < -0.39 is 11.9 Å². The zero-order valence-electron chi connectivity index (χ0n) is 12.0. The first-order chi connectivity index (χ1) is 9.97. The molecule has 0 amide bonds. The molecule has 0 atom stereocenters. The highest BCUT2D eigenvalue weighted by atomic mass is 32.1. The van der Waals surface area contributed by atoms with E-state index in [9.17, 15) is 13.2 Å². The summed E-state index contributed by atoms with van der Waals surface area (Å²) in [5.41, 5.74) is -0.823. The minimum absolute atomic E-state index is 0.427. The van der Waals surface area contributed by atoms with Crippen molar-refractivity contribution >= 4 is 17.3 Å². The van der Waals surface area contributed by atoms with Crippen LogP contribution in [-0.4, -0.2) is 31.1 Å². The average molecular weight is 320 g/mol. The third kappa shape index (κ3) is 6.61. The van der Waals surface area contributed by atoms with Gasteiger partial charge in [-0.1, -0.05) is 12.2 Å². The van der Waals surface area contributed by atoms with Gasteiger partial charge in [-0.25, -0.2) is 4.98 Å². The van der Waals surface area contributed by atoms with E-state index in [0.717, 1.165) is 29.7 Å². The molecule has 118 valence electrons. The molecular weight excluding hydrogens is 301 g/mol. The van der Waals surface area contributed by atoms with E-state index in [1.807, 2.05) is 19.1 Å². The molecule has 1 rings (SSSR count). The molecule has 0 radical (unpaired) electrons. The number of nitrogens with one attached hydrogen (secondary N) is 2. The Hall–Kier alpha value is -1.57. The molecule has 0 aliphatic carbocycles. The Morgan fingerprint density at radius 1 is 1.38 bits per heavy atom. The van der Waals surface area contributed by atoms with E-state index in [1.165, 1.54) is 0 Å². The lowest BCUT2D eigenvalue weighted by Gasteiger charge is -2.10. The number of allylic oxidation sites excluding steroid dienone is 1. The first-order valence-electron chi connectivity index (χ1n) is 6.54. The smallest absolute Gasteiger partial charge is 0.356 e. The third-order valence-corrected chi connectivity index (χ3v) is 3.44. The number of hydrogen-bond donors (Lipinski definition) is 2. The summed E-state index contributed by atoms with van der Waals surface area (Å²) in [6.45, 7) is 3.18. The molecule has 4 nitrogen and oxygen atoms in total. The normalized spacial score (nSPS) is 12.9. The van der Waals surface area contributed by atoms with Crippen molar-refractivity contribution in [1.29, 1.82) is 0 Å². The van der Waals surface area contributed by atoms with Crippen LogP contribution in [0, 0.1) is 0 Å². The molecule has 0 unspecified atom stereocenters. The van der Waals surface area contributed by atoms with Crippen molar-refractivity contribution in [3.05, 3.63) is 28.2 Å². The van der Waals surface area contributed by atoms with Crippen LogP contribution in [0.2, 0.25) is 0 Å². The van der Waals surface area contributed by atoms with E-state index in [0.29, 0.717) is 23.9 Å². The van der Waals surface area contributed by atoms with Gasteiger partial charge < -0.3 is 10.6 Å². The molecule has 8 heteroatoms. The van der Waals surface area contributed by atoms with Crippen LogP contribution in [0.5, 0.6) is 0 Å². The Labute approximate surface area is 126 Å². The largest absolute Gasteiger partial charge is 0.434 e. The summed E-state index contributed by atoms with van der Waals surface area (Å²) in [6, 6.07) is 0. The summed E-state index contributed by atoms with van der Waals surface area (Å²) < 4.78 is 37.2. The van der Waals surface area contributed by atoms with Gasteiger partial charge in [0.2, 0.25) is 0 Å². The molecule has 1 heterocycles. The maximum Gasteiger partial charge on any atom is 0.434 e. The van der Waals surface area contributed by atoms with Crippen LogP contribution >= 0.6 is 11.3 Å². The molecule has 0 aromatic carbocycles. The van der Waals surface area contributed by atoms with E-state index in [-0.39, 0.29) is 0 Å². The number of hydrogen-bond acceptors (Lipinski definition) is 3. The summed E-state index contributed by atoms with van der Waals surface area (Å²) in [7, 11) is 1.65. The highest BCUT2D eigenvalue weighted by Crippen LogP contribution is 2.29. The Morgan fingerprint density at radius 3 is 2.67 bits per heavy atom. The maximum atomic E-state index is 12.4. The zero-order valence-corrected chi connectivity index (χ0v) is 12.8. The van der Waals surface area contributed by atoms with Crippen molar-refractivity contribution in [2.75, 3.05) is 20.1 Å². The fraction of sp³-hybridized carbons (Fsp3) is 0.538. The molecule has 21 heavy (non-hydrogen) atoms. The summed E-state index contributed by atoms with van der Waals surface area (Å²) >= 11 is 1.02. The maximum absolute atomic E-state index is 12.4. The van der Waals surface area contributed by atoms with E-state index in [2.05, 4.69) is 20.6 Å². The van der Waals surface area contributed by atoms with Crippen LogP contribution in [0.25, 0.3) is 0 Å². The molecule has 0 bridgehead atoms. The van der Waals surface area contributed by atoms with E-state index in [4.69, 9.17) is 0 Å². The number of guanidine groups is 1. The van der Waals surface area contributed by atoms with Crippen molar-refractivity contribution in [2.24, 2.45) is 4.99 Å². The van der Waals surface area contributed by atoms with Crippen LogP contribution in [0.4, 0.5) is 13.2 Å². The number of aromatic nitrogens is 1. The van der Waals surface area contributed by atoms with Gasteiger partial charge in [-0.05, 0) is 13.3 Å². The van der Waals surface area contributed by atoms with Crippen LogP contribution < -0.4 is 10.6 Å². The second-order valence-corrected chi connectivity index (χ2v) is 5.10. The fourth-order valence-corrected chi connectivity index (χ4v) is 2.31. The minimum atomic E-state index is -4.37. The predicted molar refractivity (Wildman–Crippen MR) is 79.6 cm³/mol. The standard InChI is InChI=1S/C13H19F3N4S/c1-3-4-5-7-18-12(17-2)19-8-6-11-20-10(9-21-11)13(14,15)16/h3-4,9H,5-8H2,1-2H3,(H2,17,18,19). The number of aliphatic imine (C=N–C) groups is 1. The van der Waals surface area contributed by atoms with Gasteiger partial charge in [0.15, 0.2) is 11.7 Å². The molecule has 1 aromatic heterocycles. The molecule has 0 aliphatic heterocycles. The second-order valence-electron chi connectivity index (χ2n) is 4.16. The Kier molecular flexibility index (Phi) is 7.21. The van der Waals surface area contributed by atoms with Gasteiger partial charge in [-0.15, -0.1) is 11.3 Å². The molecular formula is C13H19F3N4S. The van der Waals surface area contributed by atoms with Crippen LogP contribution in [0.15, 0.2) is 22.5 Å². The summed E-state index contributed by atoms with van der Waals surface area (Å²) in [4.78, 5) is 7.61. The summed E-state index contributed by atoms with van der Waals surface area (Å²) in [6.07, 6.45) is 0.953. The van der Waals surface area contributed by atoms with E-state index >= 15 is 0 Å². The third-order valence-electron chi connectivity index (χ3n) is 2.54. The molecule has 0 aliphatic rings. The van der Waals surface area contributed by atoms with Gasteiger partial charge in [-0.3, -0.25) is 4.99 Å². The predicted octanol–water partition coefficient (Wildman–Crippen LogP) is 2.84. The zero-order chi connectivity index (χ0) is 15.7. The Bertz CT molecular complexity index is 480. The fourth-order valence-electron chi connectivity index (χ4n) is 1.50. The molecule has 0 fully saturated rings. The number of halogens is 3. The Morgan fingerprint density at radius 2 is 2.10 bits per heavy atom. The van der Waals surface area contributed by atoms with Gasteiger partial charge in [0, 0.05) is 31.9 Å². The quantitative estimate of drug-likeness (QED) is 0.367. The van der Waals surface area contributed by atoms with Crippen LogP contribution in [-0.2, 0) is 12.6 Å². The lowest BCUT2D eigenvalue weighted by atomic mass is 10.4. The lowest BCUT2D eigenvalue weighted by molar-refractivity contribution is -0.140. The van der Waals surface area contributed by atoms with Crippen molar-refractivity contribution in [1.82, 2.24) is 15.6 Å². The lowest BCUT2D eigenvalue weighted by Crippen LogP contribution is -2.38. The van der Waals surface area contributed by atoms with Crippen LogP contribution in [0.3, 0.4) is 0 Å². The van der Waals surface area contributed by atoms with Gasteiger partial charge >= 0.3 is 6.18 Å². The number of nitrogens with zero attached hydrogens (tertiary/aromatic N) is 2. The van der Waals surface area contributed by atoms with Crippen LogP contribution in [0.1, 0.15) is 24.0 Å². The van der Waals surface area contributed by atoms with Gasteiger partial charge in [0.1, 0.15) is 0 Å². The van der Waals surface area contributed by atoms with Crippen molar-refractivity contribution in [3.63, 3.8) is 0 Å². The molecule has 1 aromatic rings. The Balaban J connectivity index is 2.33. The molecule has 2 N–H and O–H groups in total. The highest BCUT2D eigenvalue weighted by Gasteiger charge is 2.33. The van der Waals surface area contributed by atoms with Crippen molar-refractivity contribution < 1.29 is 13.2 Å². The van der Waals surface area contributed by atoms with E-state index in [1.54, 1.807) is 7.05 Å². The minimum Gasteiger partial charge on any atom is -0.356 e. The molecule has 0 saturated heterocycles. The monoisotopic (exact) mass is 320 g/mol. The summed E-state index contributed by atoms with van der Waals surface area (Å²) in [5, 5.41) is 7.65. The number of thiazole rings is 1. The molecule has 0 spiro atoms. The highest BCUT2D eigenvalue weighted by molar-refractivity contribution is 7.09. The van der Waals surface area contributed by atoms with Crippen molar-refractivity contribution in [2.45, 2.75) is 25.9 Å². The van der Waals surface area contributed by atoms with Gasteiger partial charge in [0.05, 0.1) is 5.01 Å². The topological polar surface area (TPSA) is 49.3 Å². The van der Waals surface area contributed by atoms with Gasteiger partial charge in [0.25, 0.3) is 0 Å². The molecule has 0 saturated carbocycles. The first kappa shape index (κ1) is 17.5. The summed E-state index contributed by atoms with van der Waals surface area (Å²) in [5.74, 6) is 0.632. The second kappa shape index (κ2) is 8.66. The average Bonchev–Trinajstić information content (AvgIpc) is 2.90. The van der Waals surface area contributed by atoms with Gasteiger partial charge in [-0.2, -0.15) is 13.2 Å². The number of rotatable bonds is 6. The van der Waals surface area contributed by atoms with Crippen molar-refractivity contribution in [3.8, 4) is 0 Å². The first-order valence-corrected chi connectivity index (χ1v) is 7.42. The number of alkyl halides is 3. The SMILES string of the molecule is CC=CCCNC(=NC)NCCc1nc(C(F)(F)F)cs1.